The summed E-state index contributed by atoms with van der Waals surface area (Å²) in [5, 5.41) is 12.2. The fourth-order valence-electron chi connectivity index (χ4n) is 4.76. The molecule has 0 aliphatic carbocycles. The Labute approximate surface area is 258 Å². The molecular formula is C29H35F3N6O6S. The molecule has 2 heterocycles. The number of amides is 3. The van der Waals surface area contributed by atoms with E-state index in [0.717, 1.165) is 24.3 Å². The molecule has 12 nitrogen and oxygen atoms in total. The maximum Gasteiger partial charge on any atom is 0.416 e. The molecule has 244 valence electrons. The zero-order valence-corrected chi connectivity index (χ0v) is 25.9. The Balaban J connectivity index is 1.58. The number of nitrogens with one attached hydrogen (secondary N) is 2. The van der Waals surface area contributed by atoms with Crippen LogP contribution < -0.4 is 14.8 Å². The van der Waals surface area contributed by atoms with Gasteiger partial charge in [0.05, 0.1) is 37.5 Å². The number of benzene rings is 2. The normalized spacial score (nSPS) is 18.1. The Morgan fingerprint density at radius 1 is 1.20 bits per heavy atom. The number of nitrogens with zero attached hydrogens (tertiary/aromatic N) is 4. The molecular weight excluding hydrogens is 617 g/mol. The highest BCUT2D eigenvalue weighted by Crippen LogP contribution is 2.31. The average Bonchev–Trinajstić information content (AvgIpc) is 3.43. The molecule has 0 unspecified atom stereocenters. The van der Waals surface area contributed by atoms with Gasteiger partial charge in [0.1, 0.15) is 11.9 Å². The summed E-state index contributed by atoms with van der Waals surface area (Å²) in [7, 11) is -0.890. The molecule has 3 atom stereocenters. The fraction of sp³-hybridized carbons (Fsp3) is 0.414. The first kappa shape index (κ1) is 33.6. The molecule has 0 spiro atoms. The van der Waals surface area contributed by atoms with Crippen LogP contribution in [-0.4, -0.2) is 83.7 Å². The van der Waals surface area contributed by atoms with Gasteiger partial charge in [-0.15, -0.1) is 0 Å². The smallest absolute Gasteiger partial charge is 0.416 e. The van der Waals surface area contributed by atoms with Crippen LogP contribution in [-0.2, 0) is 34.5 Å². The van der Waals surface area contributed by atoms with Crippen molar-refractivity contribution in [3.05, 3.63) is 66.1 Å². The highest BCUT2D eigenvalue weighted by Gasteiger charge is 2.33. The van der Waals surface area contributed by atoms with Gasteiger partial charge in [-0.3, -0.25) is 9.52 Å². The second kappa shape index (κ2) is 13.4. The number of rotatable bonds is 8. The van der Waals surface area contributed by atoms with E-state index in [1.807, 2.05) is 6.92 Å². The van der Waals surface area contributed by atoms with E-state index in [-0.39, 0.29) is 54.3 Å². The Hall–Kier alpha value is -4.31. The molecule has 3 aromatic rings. The third-order valence-electron chi connectivity index (χ3n) is 7.39. The Kier molecular flexibility index (Phi) is 9.97. The first-order chi connectivity index (χ1) is 21.1. The SMILES string of the molecule is C[C@@H]1CN([C@@H](C)CO)C(=O)Cc2cc(NS(=O)(=O)c3cn(C)cn3)ccc2O[C@@H]1CN(C)C(=O)Nc1ccc(C(F)(F)F)cc1. The largest absolute Gasteiger partial charge is 0.488 e. The van der Waals surface area contributed by atoms with Gasteiger partial charge in [0, 0.05) is 49.7 Å². The van der Waals surface area contributed by atoms with Gasteiger partial charge in [0.25, 0.3) is 10.0 Å². The van der Waals surface area contributed by atoms with Gasteiger partial charge in [-0.2, -0.15) is 21.6 Å². The van der Waals surface area contributed by atoms with Crippen molar-refractivity contribution in [2.45, 2.75) is 43.6 Å². The zero-order valence-electron chi connectivity index (χ0n) is 25.1. The van der Waals surface area contributed by atoms with Crippen LogP contribution >= 0.6 is 0 Å². The van der Waals surface area contributed by atoms with Crippen molar-refractivity contribution in [1.29, 1.82) is 0 Å². The first-order valence-electron chi connectivity index (χ1n) is 14.0. The molecule has 3 amide bonds. The number of carbonyl (C=O) groups is 2. The summed E-state index contributed by atoms with van der Waals surface area (Å²) in [6.45, 7) is 3.44. The number of aliphatic hydroxyl groups excluding tert-OH is 1. The van der Waals surface area contributed by atoms with Gasteiger partial charge in [0.2, 0.25) is 5.91 Å². The lowest BCUT2D eigenvalue weighted by Gasteiger charge is -2.34. The van der Waals surface area contributed by atoms with Gasteiger partial charge in [-0.1, -0.05) is 6.92 Å². The number of anilines is 2. The average molecular weight is 653 g/mol. The number of halogens is 3. The van der Waals surface area contributed by atoms with Crippen LogP contribution in [0.2, 0.25) is 0 Å². The quantitative estimate of drug-likeness (QED) is 0.338. The van der Waals surface area contributed by atoms with Crippen LogP contribution in [0, 0.1) is 5.92 Å². The Morgan fingerprint density at radius 2 is 1.87 bits per heavy atom. The molecule has 45 heavy (non-hydrogen) atoms. The van der Waals surface area contributed by atoms with Crippen LogP contribution in [0.4, 0.5) is 29.3 Å². The number of aromatic nitrogens is 2. The molecule has 0 bridgehead atoms. The summed E-state index contributed by atoms with van der Waals surface area (Å²) in [5.74, 6) is -0.361. The van der Waals surface area contributed by atoms with E-state index >= 15 is 0 Å². The number of alkyl halides is 3. The van der Waals surface area contributed by atoms with Crippen LogP contribution in [0.15, 0.2) is 60.0 Å². The van der Waals surface area contributed by atoms with Gasteiger partial charge in [-0.05, 0) is 49.4 Å². The number of carbonyl (C=O) groups excluding carboxylic acids is 2. The number of aryl methyl sites for hydroxylation is 1. The number of ether oxygens (including phenoxy) is 1. The van der Waals surface area contributed by atoms with Crippen LogP contribution in [0.5, 0.6) is 5.75 Å². The number of fused-ring (bicyclic) bond motifs is 1. The summed E-state index contributed by atoms with van der Waals surface area (Å²) in [6, 6.07) is 7.43. The predicted octanol–water partition coefficient (Wildman–Crippen LogP) is 3.55. The summed E-state index contributed by atoms with van der Waals surface area (Å²) < 4.78 is 74.8. The summed E-state index contributed by atoms with van der Waals surface area (Å²) in [6.07, 6.45) is -2.64. The number of likely N-dealkylation sites (N-methyl/N-ethyl adjacent to an activating group) is 1. The van der Waals surface area contributed by atoms with Crippen molar-refractivity contribution >= 4 is 33.3 Å². The first-order valence-corrected chi connectivity index (χ1v) is 15.5. The highest BCUT2D eigenvalue weighted by atomic mass is 32.2. The van der Waals surface area contributed by atoms with Crippen LogP contribution in [0.3, 0.4) is 0 Å². The number of sulfonamides is 1. The van der Waals surface area contributed by atoms with E-state index in [2.05, 4.69) is 15.0 Å². The minimum Gasteiger partial charge on any atom is -0.488 e. The highest BCUT2D eigenvalue weighted by molar-refractivity contribution is 7.92. The van der Waals surface area contributed by atoms with Gasteiger partial charge < -0.3 is 29.5 Å². The lowest BCUT2D eigenvalue weighted by molar-refractivity contribution is -0.137. The van der Waals surface area contributed by atoms with E-state index in [0.29, 0.717) is 11.3 Å². The Morgan fingerprint density at radius 3 is 2.47 bits per heavy atom. The molecule has 16 heteroatoms. The van der Waals surface area contributed by atoms with E-state index in [1.54, 1.807) is 14.0 Å². The molecule has 1 aliphatic rings. The standard InChI is InChI=1S/C29H35F3N6O6S/c1-18-13-38(19(2)16-39)27(40)12-20-11-23(35-45(42,43)26-15-36(3)17-33-26)9-10-24(20)44-25(18)14-37(4)28(41)34-22-7-5-21(6-8-22)29(30,31)32/h5-11,15,17-19,25,35,39H,12-14,16H2,1-4H3,(H,34,41)/t18-,19+,25-/m1/s1. The zero-order chi connectivity index (χ0) is 33.1. The monoisotopic (exact) mass is 652 g/mol. The predicted molar refractivity (Wildman–Crippen MR) is 159 cm³/mol. The molecule has 1 aromatic heterocycles. The number of aliphatic hydroxyl groups is 1. The van der Waals surface area contributed by atoms with Crippen molar-refractivity contribution < 1.29 is 41.0 Å². The fourth-order valence-corrected chi connectivity index (χ4v) is 5.79. The summed E-state index contributed by atoms with van der Waals surface area (Å²) >= 11 is 0. The maximum absolute atomic E-state index is 13.4. The lowest BCUT2D eigenvalue weighted by atomic mass is 10.0. The minimum absolute atomic E-state index is 0.0245. The van der Waals surface area contributed by atoms with E-state index in [4.69, 9.17) is 4.74 Å². The van der Waals surface area contributed by atoms with Crippen molar-refractivity contribution in [3.63, 3.8) is 0 Å². The lowest BCUT2D eigenvalue weighted by Crippen LogP contribution is -2.48. The Bertz CT molecular complexity index is 1630. The number of hydrogen-bond donors (Lipinski definition) is 3. The van der Waals surface area contributed by atoms with Crippen molar-refractivity contribution in [1.82, 2.24) is 19.4 Å². The van der Waals surface area contributed by atoms with Gasteiger partial charge >= 0.3 is 12.2 Å². The topological polar surface area (TPSA) is 146 Å². The maximum atomic E-state index is 13.4. The second-order valence-electron chi connectivity index (χ2n) is 11.1. The molecule has 0 radical (unpaired) electrons. The molecule has 4 rings (SSSR count). The summed E-state index contributed by atoms with van der Waals surface area (Å²) in [5.41, 5.74) is -0.117. The van der Waals surface area contributed by atoms with E-state index < -0.39 is 39.9 Å². The third-order valence-corrected chi connectivity index (χ3v) is 8.66. The summed E-state index contributed by atoms with van der Waals surface area (Å²) in [4.78, 5) is 33.1. The van der Waals surface area contributed by atoms with E-state index in [9.17, 15) is 36.3 Å². The molecule has 1 aliphatic heterocycles. The minimum atomic E-state index is -4.51. The molecule has 0 saturated heterocycles. The van der Waals surface area contributed by atoms with Crippen molar-refractivity contribution in [2.24, 2.45) is 13.0 Å². The number of imidazole rings is 1. The molecule has 0 fully saturated rings. The van der Waals surface area contributed by atoms with Gasteiger partial charge in [-0.25, -0.2) is 9.78 Å². The van der Waals surface area contributed by atoms with Crippen molar-refractivity contribution in [2.75, 3.05) is 36.8 Å². The van der Waals surface area contributed by atoms with E-state index in [1.165, 1.54) is 52.1 Å². The number of urea groups is 1. The van der Waals surface area contributed by atoms with Crippen LogP contribution in [0.1, 0.15) is 25.0 Å². The van der Waals surface area contributed by atoms with Crippen molar-refractivity contribution in [3.8, 4) is 5.75 Å². The third kappa shape index (κ3) is 8.25. The molecule has 0 saturated carbocycles. The van der Waals surface area contributed by atoms with Crippen LogP contribution in [0.25, 0.3) is 0 Å². The molecule has 3 N–H and O–H groups in total. The van der Waals surface area contributed by atoms with Gasteiger partial charge in [0.15, 0.2) is 5.03 Å². The molecule has 2 aromatic carbocycles. The number of hydrogen-bond acceptors (Lipinski definition) is 7. The second-order valence-corrected chi connectivity index (χ2v) is 12.7.